The number of carbonyl (C=O) groups excluding carboxylic acids is 1. The molecule has 0 N–H and O–H groups in total. The predicted octanol–water partition coefficient (Wildman–Crippen LogP) is 4.80. The monoisotopic (exact) mass is 336 g/mol. The fourth-order valence-electron chi connectivity index (χ4n) is 4.58. The Kier molecular flexibility index (Phi) is 5.39. The zero-order chi connectivity index (χ0) is 17.7. The highest BCUT2D eigenvalue weighted by Crippen LogP contribution is 2.49. The molecule has 1 atom stereocenters. The Morgan fingerprint density at radius 1 is 1.04 bits per heavy atom. The van der Waals surface area contributed by atoms with Crippen molar-refractivity contribution in [2.45, 2.75) is 63.9 Å². The summed E-state index contributed by atoms with van der Waals surface area (Å²) in [6.07, 6.45) is 7.01. The maximum Gasteiger partial charge on any atom is 0.176 e. The Labute approximate surface area is 149 Å². The number of benzene rings is 1. The highest BCUT2D eigenvalue weighted by atomic mass is 16.5. The van der Waals surface area contributed by atoms with Crippen molar-refractivity contribution in [2.24, 2.45) is 11.3 Å². The summed E-state index contributed by atoms with van der Waals surface area (Å²) in [4.78, 5) is 13.5. The average Bonchev–Trinajstić information content (AvgIpc) is 2.67. The second kappa shape index (κ2) is 7.70. The molecule has 1 aliphatic heterocycles. The van der Waals surface area contributed by atoms with Crippen molar-refractivity contribution in [3.05, 3.63) is 29.8 Å². The average molecular weight is 336 g/mol. The molecule has 1 saturated carbocycles. The lowest BCUT2D eigenvalue weighted by Crippen LogP contribution is -2.53. The van der Waals surface area contributed by atoms with E-state index in [9.17, 15) is 4.79 Å². The molecule has 1 aromatic carbocycles. The molecule has 0 spiro atoms. The molecule has 0 saturated heterocycles. The van der Waals surface area contributed by atoms with Gasteiger partial charge in [0.1, 0.15) is 11.9 Å². The maximum atomic E-state index is 13.5. The molecule has 0 amide bonds. The molecule has 1 unspecified atom stereocenters. The van der Waals surface area contributed by atoms with E-state index in [1.807, 2.05) is 24.3 Å². The summed E-state index contributed by atoms with van der Waals surface area (Å²) >= 11 is 0. The SMILES string of the molecule is N#CCCC1(CCC#N)C(=O)c2ccccc2OC1C1CCCCC1. The van der Waals surface area contributed by atoms with Crippen molar-refractivity contribution in [3.8, 4) is 17.9 Å². The standard InChI is InChI=1S/C21H24N2O2/c22-14-6-12-21(13-7-15-23)19(24)17-10-4-5-11-18(17)25-20(21)16-8-2-1-3-9-16/h4-5,10-11,16,20H,1-3,6-9,12-13H2. The molecule has 0 radical (unpaired) electrons. The van der Waals surface area contributed by atoms with E-state index in [1.165, 1.54) is 6.42 Å². The number of hydrogen-bond donors (Lipinski definition) is 0. The number of ketones is 1. The van der Waals surface area contributed by atoms with E-state index in [0.717, 1.165) is 25.7 Å². The second-order valence-electron chi connectivity index (χ2n) is 7.23. The van der Waals surface area contributed by atoms with Crippen LogP contribution in [0.25, 0.3) is 0 Å². The van der Waals surface area contributed by atoms with Gasteiger partial charge in [0.05, 0.1) is 23.1 Å². The highest BCUT2D eigenvalue weighted by Gasteiger charge is 2.53. The van der Waals surface area contributed by atoms with Crippen LogP contribution < -0.4 is 4.74 Å². The molecule has 4 nitrogen and oxygen atoms in total. The quantitative estimate of drug-likeness (QED) is 0.773. The topological polar surface area (TPSA) is 73.9 Å². The third-order valence-electron chi connectivity index (χ3n) is 5.83. The molecule has 1 aromatic rings. The summed E-state index contributed by atoms with van der Waals surface area (Å²) in [5, 5.41) is 18.3. The number of ether oxygens (including phenoxy) is 1. The van der Waals surface area contributed by atoms with Gasteiger partial charge in [0.15, 0.2) is 5.78 Å². The van der Waals surface area contributed by atoms with E-state index >= 15 is 0 Å². The van der Waals surface area contributed by atoms with Gasteiger partial charge in [-0.05, 0) is 43.7 Å². The lowest BCUT2D eigenvalue weighted by molar-refractivity contribution is -0.0192. The van der Waals surface area contributed by atoms with Crippen molar-refractivity contribution in [1.29, 1.82) is 10.5 Å². The van der Waals surface area contributed by atoms with Gasteiger partial charge in [0, 0.05) is 12.8 Å². The van der Waals surface area contributed by atoms with Crippen LogP contribution in [0.5, 0.6) is 5.75 Å². The highest BCUT2D eigenvalue weighted by molar-refractivity contribution is 6.04. The summed E-state index contributed by atoms with van der Waals surface area (Å²) in [5.74, 6) is 1.05. The minimum absolute atomic E-state index is 0.0652. The number of Topliss-reactive ketones (excluding diaryl/α,β-unsaturated/α-hetero) is 1. The largest absolute Gasteiger partial charge is 0.488 e. The van der Waals surface area contributed by atoms with E-state index in [2.05, 4.69) is 12.1 Å². The first kappa shape index (κ1) is 17.5. The first-order valence-corrected chi connectivity index (χ1v) is 9.27. The van der Waals surface area contributed by atoms with Crippen LogP contribution in [0.4, 0.5) is 0 Å². The van der Waals surface area contributed by atoms with Gasteiger partial charge in [-0.25, -0.2) is 0 Å². The minimum atomic E-state index is -0.748. The fourth-order valence-corrected chi connectivity index (χ4v) is 4.58. The van der Waals surface area contributed by atoms with Crippen molar-refractivity contribution in [1.82, 2.24) is 0 Å². The van der Waals surface area contributed by atoms with Crippen molar-refractivity contribution < 1.29 is 9.53 Å². The molecule has 1 fully saturated rings. The van der Waals surface area contributed by atoms with E-state index < -0.39 is 5.41 Å². The van der Waals surface area contributed by atoms with Crippen LogP contribution in [0, 0.1) is 34.0 Å². The summed E-state index contributed by atoms with van der Waals surface area (Å²) in [5.41, 5.74) is -0.146. The van der Waals surface area contributed by atoms with Crippen LogP contribution in [0.2, 0.25) is 0 Å². The molecule has 0 aromatic heterocycles. The van der Waals surface area contributed by atoms with Crippen LogP contribution in [0.1, 0.15) is 68.1 Å². The summed E-state index contributed by atoms with van der Waals surface area (Å²) in [7, 11) is 0. The van der Waals surface area contributed by atoms with Crippen molar-refractivity contribution >= 4 is 5.78 Å². The van der Waals surface area contributed by atoms with Crippen molar-refractivity contribution in [3.63, 3.8) is 0 Å². The number of hydrogen-bond acceptors (Lipinski definition) is 4. The van der Waals surface area contributed by atoms with Gasteiger partial charge in [0.2, 0.25) is 0 Å². The molecule has 0 bridgehead atoms. The third-order valence-corrected chi connectivity index (χ3v) is 5.83. The summed E-state index contributed by atoms with van der Waals surface area (Å²) in [6, 6.07) is 11.8. The first-order valence-electron chi connectivity index (χ1n) is 9.27. The van der Waals surface area contributed by atoms with Crippen molar-refractivity contribution in [2.75, 3.05) is 0 Å². The first-order chi connectivity index (χ1) is 12.2. The van der Waals surface area contributed by atoms with Gasteiger partial charge in [0.25, 0.3) is 0 Å². The number of rotatable bonds is 5. The molecule has 4 heteroatoms. The van der Waals surface area contributed by atoms with Crippen LogP contribution in [-0.2, 0) is 0 Å². The van der Waals surface area contributed by atoms with Gasteiger partial charge in [-0.3, -0.25) is 4.79 Å². The van der Waals surface area contributed by atoms with E-state index in [1.54, 1.807) is 0 Å². The fraction of sp³-hybridized carbons (Fsp3) is 0.571. The Bertz CT molecular complexity index is 689. The summed E-state index contributed by atoms with van der Waals surface area (Å²) in [6.45, 7) is 0. The Balaban J connectivity index is 2.05. The number of nitriles is 2. The maximum absolute atomic E-state index is 13.5. The number of nitrogens with zero attached hydrogens (tertiary/aromatic N) is 2. The molecule has 130 valence electrons. The van der Waals surface area contributed by atoms with Gasteiger partial charge in [-0.2, -0.15) is 10.5 Å². The number of para-hydroxylation sites is 1. The normalized spacial score (nSPS) is 22.3. The van der Waals surface area contributed by atoms with Gasteiger partial charge in [-0.1, -0.05) is 31.4 Å². The predicted molar refractivity (Wildman–Crippen MR) is 93.9 cm³/mol. The Morgan fingerprint density at radius 3 is 2.32 bits per heavy atom. The molecule has 1 aliphatic carbocycles. The van der Waals surface area contributed by atoms with Gasteiger partial charge < -0.3 is 4.74 Å². The molecular weight excluding hydrogens is 312 g/mol. The Morgan fingerprint density at radius 2 is 1.68 bits per heavy atom. The minimum Gasteiger partial charge on any atom is -0.488 e. The zero-order valence-corrected chi connectivity index (χ0v) is 14.5. The number of fused-ring (bicyclic) bond motifs is 1. The van der Waals surface area contributed by atoms with Gasteiger partial charge >= 0.3 is 0 Å². The number of carbonyl (C=O) groups is 1. The summed E-state index contributed by atoms with van der Waals surface area (Å²) < 4.78 is 6.41. The third kappa shape index (κ3) is 3.27. The zero-order valence-electron chi connectivity index (χ0n) is 14.5. The van der Waals surface area contributed by atoms with Crippen LogP contribution in [-0.4, -0.2) is 11.9 Å². The molecule has 25 heavy (non-hydrogen) atoms. The smallest absolute Gasteiger partial charge is 0.176 e. The van der Waals surface area contributed by atoms with E-state index in [4.69, 9.17) is 15.3 Å². The molecule has 2 aliphatic rings. The molecule has 3 rings (SSSR count). The van der Waals surface area contributed by atoms with Gasteiger partial charge in [-0.15, -0.1) is 0 Å². The molecule has 1 heterocycles. The Hall–Kier alpha value is -2.33. The van der Waals surface area contributed by atoms with E-state index in [0.29, 0.717) is 42.9 Å². The molecular formula is C21H24N2O2. The van der Waals surface area contributed by atoms with Crippen LogP contribution in [0.3, 0.4) is 0 Å². The van der Waals surface area contributed by atoms with Crippen LogP contribution in [0.15, 0.2) is 24.3 Å². The lowest BCUT2D eigenvalue weighted by Gasteiger charge is -2.47. The lowest BCUT2D eigenvalue weighted by atomic mass is 9.62. The second-order valence-corrected chi connectivity index (χ2v) is 7.23. The van der Waals surface area contributed by atoms with E-state index in [-0.39, 0.29) is 11.9 Å². The van der Waals surface area contributed by atoms with Crippen LogP contribution >= 0.6 is 0 Å².